The first kappa shape index (κ1) is 31.0. The van der Waals surface area contributed by atoms with Crippen LogP contribution in [0.25, 0.3) is 6.08 Å². The third kappa shape index (κ3) is 8.56. The summed E-state index contributed by atoms with van der Waals surface area (Å²) in [7, 11) is 0. The summed E-state index contributed by atoms with van der Waals surface area (Å²) < 4.78 is 0. The van der Waals surface area contributed by atoms with E-state index in [0.717, 1.165) is 16.0 Å². The number of carboxylic acid groups (broad SMARTS) is 1. The second-order valence-electron chi connectivity index (χ2n) is 9.70. The lowest BCUT2D eigenvalue weighted by Crippen LogP contribution is -2.30. The second kappa shape index (κ2) is 14.8. The molecule has 3 amide bonds. The van der Waals surface area contributed by atoms with E-state index >= 15 is 0 Å². The Morgan fingerprint density at radius 2 is 1.42 bits per heavy atom. The van der Waals surface area contributed by atoms with Gasteiger partial charge in [0.05, 0.1) is 5.56 Å². The zero-order chi connectivity index (χ0) is 31.6. The topological polar surface area (TPSA) is 125 Å². The second-order valence-corrected chi connectivity index (χ2v) is 11.7. The first-order valence-electron chi connectivity index (χ1n) is 13.7. The maximum Gasteiger partial charge on any atom is 0.335 e. The highest BCUT2D eigenvalue weighted by molar-refractivity contribution is 8.00. The van der Waals surface area contributed by atoms with Crippen molar-refractivity contribution in [3.8, 4) is 0 Å². The molecule has 4 N–H and O–H groups in total. The van der Waals surface area contributed by atoms with Crippen molar-refractivity contribution in [3.05, 3.63) is 154 Å². The van der Waals surface area contributed by atoms with E-state index < -0.39 is 23.0 Å². The molecule has 224 valence electrons. The molecule has 4 aromatic carbocycles. The van der Waals surface area contributed by atoms with Crippen LogP contribution in [0, 0.1) is 0 Å². The molecule has 0 aliphatic rings. The van der Waals surface area contributed by atoms with Crippen molar-refractivity contribution in [2.24, 2.45) is 0 Å². The maximum atomic E-state index is 13.4. The molecule has 0 aliphatic carbocycles. The molecular formula is C35H27N3O5S2. The average Bonchev–Trinajstić information content (AvgIpc) is 3.58. The molecule has 10 heteroatoms. The van der Waals surface area contributed by atoms with Gasteiger partial charge in [-0.3, -0.25) is 14.4 Å². The van der Waals surface area contributed by atoms with Crippen LogP contribution in [0.5, 0.6) is 0 Å². The minimum atomic E-state index is -1.08. The van der Waals surface area contributed by atoms with Gasteiger partial charge in [-0.1, -0.05) is 54.6 Å². The van der Waals surface area contributed by atoms with Gasteiger partial charge < -0.3 is 21.1 Å². The smallest absolute Gasteiger partial charge is 0.335 e. The Hall–Kier alpha value is -5.45. The molecule has 0 radical (unpaired) electrons. The van der Waals surface area contributed by atoms with Crippen LogP contribution >= 0.6 is 23.1 Å². The predicted octanol–water partition coefficient (Wildman–Crippen LogP) is 7.33. The van der Waals surface area contributed by atoms with E-state index in [1.54, 1.807) is 66.7 Å². The molecule has 5 rings (SSSR count). The third-order valence-corrected chi connectivity index (χ3v) is 8.43. The van der Waals surface area contributed by atoms with E-state index in [4.69, 9.17) is 0 Å². The molecule has 0 saturated heterocycles. The minimum absolute atomic E-state index is 0.0716. The van der Waals surface area contributed by atoms with Crippen LogP contribution in [0.15, 0.2) is 137 Å². The summed E-state index contributed by atoms with van der Waals surface area (Å²) in [6.07, 6.45) is 1.62. The summed E-state index contributed by atoms with van der Waals surface area (Å²) in [5.41, 5.74) is 3.02. The largest absolute Gasteiger partial charge is 0.478 e. The number of carboxylic acids is 1. The Labute approximate surface area is 267 Å². The Kier molecular flexibility index (Phi) is 10.2. The summed E-state index contributed by atoms with van der Waals surface area (Å²) in [6, 6.07) is 32.8. The number of carbonyl (C=O) groups is 4. The highest BCUT2D eigenvalue weighted by Crippen LogP contribution is 2.37. The average molecular weight is 634 g/mol. The Morgan fingerprint density at radius 3 is 2.09 bits per heavy atom. The lowest BCUT2D eigenvalue weighted by Gasteiger charge is -2.18. The fourth-order valence-electron chi connectivity index (χ4n) is 4.26. The summed E-state index contributed by atoms with van der Waals surface area (Å²) in [6.45, 7) is 0. The molecule has 1 atom stereocenters. The van der Waals surface area contributed by atoms with Crippen LogP contribution in [-0.2, 0) is 9.59 Å². The van der Waals surface area contributed by atoms with Crippen LogP contribution in [0.2, 0.25) is 0 Å². The van der Waals surface area contributed by atoms with Crippen LogP contribution < -0.4 is 16.0 Å². The Morgan fingerprint density at radius 1 is 0.733 bits per heavy atom. The molecule has 8 nitrogen and oxygen atoms in total. The molecular weight excluding hydrogens is 607 g/mol. The molecule has 0 fully saturated rings. The van der Waals surface area contributed by atoms with Crippen molar-refractivity contribution in [1.29, 1.82) is 0 Å². The SMILES string of the molecule is O=C(Nc1ccc(SC(C(=O)Nc2cccc(C(=O)O)c2)c2ccccc2)cc1)/C(=C/c1ccsc1)NC(=O)c1ccccc1. The van der Waals surface area contributed by atoms with Gasteiger partial charge in [0, 0.05) is 21.8 Å². The van der Waals surface area contributed by atoms with E-state index in [-0.39, 0.29) is 17.2 Å². The number of rotatable bonds is 11. The summed E-state index contributed by atoms with van der Waals surface area (Å²) in [4.78, 5) is 51.7. The minimum Gasteiger partial charge on any atom is -0.478 e. The maximum absolute atomic E-state index is 13.4. The molecule has 0 spiro atoms. The van der Waals surface area contributed by atoms with E-state index in [1.807, 2.05) is 53.2 Å². The summed E-state index contributed by atoms with van der Waals surface area (Å²) in [5.74, 6) is -2.29. The lowest BCUT2D eigenvalue weighted by molar-refractivity contribution is -0.116. The van der Waals surface area contributed by atoms with Gasteiger partial charge in [0.2, 0.25) is 5.91 Å². The molecule has 0 saturated carbocycles. The van der Waals surface area contributed by atoms with Gasteiger partial charge >= 0.3 is 5.97 Å². The van der Waals surface area contributed by atoms with Gasteiger partial charge in [0.1, 0.15) is 10.9 Å². The zero-order valence-electron chi connectivity index (χ0n) is 23.7. The van der Waals surface area contributed by atoms with E-state index in [2.05, 4.69) is 16.0 Å². The number of thiophene rings is 1. The van der Waals surface area contributed by atoms with Gasteiger partial charge in [-0.25, -0.2) is 4.79 Å². The summed E-state index contributed by atoms with van der Waals surface area (Å²) >= 11 is 2.79. The molecule has 1 heterocycles. The fourth-order valence-corrected chi connectivity index (χ4v) is 5.90. The quantitative estimate of drug-likeness (QED) is 0.0892. The van der Waals surface area contributed by atoms with E-state index in [1.165, 1.54) is 35.2 Å². The van der Waals surface area contributed by atoms with E-state index in [9.17, 15) is 24.3 Å². The Bertz CT molecular complexity index is 1820. The third-order valence-electron chi connectivity index (χ3n) is 6.47. The normalized spacial score (nSPS) is 11.7. The predicted molar refractivity (Wildman–Crippen MR) is 178 cm³/mol. The van der Waals surface area contributed by atoms with Gasteiger partial charge in [-0.2, -0.15) is 11.3 Å². The number of hydrogen-bond acceptors (Lipinski definition) is 6. The van der Waals surface area contributed by atoms with Gasteiger partial charge in [0.15, 0.2) is 0 Å². The summed E-state index contributed by atoms with van der Waals surface area (Å²) in [5, 5.41) is 20.8. The molecule has 1 unspecified atom stereocenters. The lowest BCUT2D eigenvalue weighted by atomic mass is 10.1. The molecule has 0 aliphatic heterocycles. The van der Waals surface area contributed by atoms with Crippen molar-refractivity contribution in [3.63, 3.8) is 0 Å². The van der Waals surface area contributed by atoms with Gasteiger partial charge in [-0.05, 0) is 88.6 Å². The molecule has 45 heavy (non-hydrogen) atoms. The first-order valence-corrected chi connectivity index (χ1v) is 15.6. The highest BCUT2D eigenvalue weighted by atomic mass is 32.2. The number of carbonyl (C=O) groups excluding carboxylic acids is 3. The zero-order valence-corrected chi connectivity index (χ0v) is 25.3. The van der Waals surface area contributed by atoms with Crippen molar-refractivity contribution in [2.75, 3.05) is 10.6 Å². The van der Waals surface area contributed by atoms with Crippen molar-refractivity contribution >= 4 is 64.2 Å². The number of aromatic carboxylic acids is 1. The van der Waals surface area contributed by atoms with Gasteiger partial charge in [0.25, 0.3) is 11.8 Å². The standard InChI is InChI=1S/C35H27N3O5S2/c39-32(25-10-5-2-6-11-25)38-30(20-23-18-19-44-22-23)33(40)36-27-14-16-29(17-15-27)45-31(24-8-3-1-4-9-24)34(41)37-28-13-7-12-26(21-28)35(42)43/h1-22,31H,(H,36,40)(H,37,41)(H,38,39)(H,42,43)/b30-20-. The van der Waals surface area contributed by atoms with Crippen molar-refractivity contribution in [1.82, 2.24) is 5.32 Å². The van der Waals surface area contributed by atoms with Crippen LogP contribution in [0.4, 0.5) is 11.4 Å². The molecule has 5 aromatic rings. The van der Waals surface area contributed by atoms with Gasteiger partial charge in [-0.15, -0.1) is 11.8 Å². The fraction of sp³-hybridized carbons (Fsp3) is 0.0286. The monoisotopic (exact) mass is 633 g/mol. The Balaban J connectivity index is 1.31. The van der Waals surface area contributed by atoms with Crippen LogP contribution in [-0.4, -0.2) is 28.8 Å². The van der Waals surface area contributed by atoms with Crippen molar-refractivity contribution in [2.45, 2.75) is 10.1 Å². The highest BCUT2D eigenvalue weighted by Gasteiger charge is 2.23. The number of amides is 3. The van der Waals surface area contributed by atoms with E-state index in [0.29, 0.717) is 16.9 Å². The number of benzene rings is 4. The molecule has 1 aromatic heterocycles. The van der Waals surface area contributed by atoms with Crippen molar-refractivity contribution < 1.29 is 24.3 Å². The molecule has 0 bridgehead atoms. The number of anilines is 2. The van der Waals surface area contributed by atoms with Crippen LogP contribution in [0.3, 0.4) is 0 Å². The number of thioether (sulfide) groups is 1. The number of hydrogen-bond donors (Lipinski definition) is 4. The first-order chi connectivity index (χ1) is 21.9. The number of nitrogens with one attached hydrogen (secondary N) is 3. The van der Waals surface area contributed by atoms with Crippen LogP contribution in [0.1, 0.15) is 37.1 Å².